The van der Waals surface area contributed by atoms with Crippen LogP contribution in [-0.4, -0.2) is 26.8 Å². The number of rotatable bonds is 3. The Bertz CT molecular complexity index is 986. The highest BCUT2D eigenvalue weighted by Gasteiger charge is 2.45. The molecule has 4 nitrogen and oxygen atoms in total. The van der Waals surface area contributed by atoms with Crippen LogP contribution in [0.4, 0.5) is 0 Å². The molecule has 6 heteroatoms. The Hall–Kier alpha value is -2.24. The second kappa shape index (κ2) is 6.73. The molecule has 0 N–H and O–H groups in total. The van der Waals surface area contributed by atoms with Crippen molar-refractivity contribution in [1.82, 2.24) is 9.88 Å². The van der Waals surface area contributed by atoms with Gasteiger partial charge in [-0.2, -0.15) is 0 Å². The summed E-state index contributed by atoms with van der Waals surface area (Å²) < 4.78 is 6.29. The molecule has 5 rings (SSSR count). The first-order valence-electron chi connectivity index (χ1n) is 8.97. The molecule has 1 fully saturated rings. The molecular weight excluding hydrogens is 378 g/mol. The molecule has 27 heavy (non-hydrogen) atoms. The van der Waals surface area contributed by atoms with Gasteiger partial charge in [0.1, 0.15) is 23.6 Å². The first-order valence-corrected chi connectivity index (χ1v) is 10.2. The molecule has 0 unspecified atom stereocenters. The van der Waals surface area contributed by atoms with E-state index >= 15 is 0 Å². The van der Waals surface area contributed by atoms with E-state index < -0.39 is 0 Å². The van der Waals surface area contributed by atoms with Gasteiger partial charge in [-0.1, -0.05) is 36.4 Å². The number of hydrogen-bond acceptors (Lipinski definition) is 5. The van der Waals surface area contributed by atoms with E-state index in [0.29, 0.717) is 5.25 Å². The number of hydrogen-bond donors (Lipinski definition) is 0. The van der Waals surface area contributed by atoms with Crippen LogP contribution in [0.5, 0.6) is 0 Å². The fourth-order valence-electron chi connectivity index (χ4n) is 3.71. The zero-order valence-corrected chi connectivity index (χ0v) is 16.3. The first kappa shape index (κ1) is 16.9. The number of benzene rings is 1. The van der Waals surface area contributed by atoms with Gasteiger partial charge < -0.3 is 9.32 Å². The number of aromatic nitrogens is 1. The van der Waals surface area contributed by atoms with Gasteiger partial charge in [-0.15, -0.1) is 0 Å². The topological polar surface area (TPSA) is 41.6 Å². The van der Waals surface area contributed by atoms with Crippen molar-refractivity contribution in [3.8, 4) is 11.3 Å². The molecule has 0 amide bonds. The molecule has 4 heterocycles. The van der Waals surface area contributed by atoms with Crippen molar-refractivity contribution in [2.75, 3.05) is 6.54 Å². The molecule has 0 aliphatic carbocycles. The second-order valence-corrected chi connectivity index (χ2v) is 8.69. The number of furan rings is 1. The van der Waals surface area contributed by atoms with Crippen LogP contribution in [0, 0.1) is 0 Å². The van der Waals surface area contributed by atoms with Crippen LogP contribution in [0.2, 0.25) is 5.02 Å². The van der Waals surface area contributed by atoms with E-state index in [1.807, 2.05) is 66.5 Å². The van der Waals surface area contributed by atoms with Crippen LogP contribution < -0.4 is 0 Å². The average molecular weight is 396 g/mol. The number of pyridine rings is 1. The standard InChI is InChI=1S/C21H18ClN3OS/c1-13-12-25-20(19(24-21(25)27-13)16-4-2-3-11-23-16)18-10-9-17(26-18)14-5-7-15(22)8-6-14/h2-11,13,19-20H,12H2,1H3/t13-,19+,20-/m1/s1. The fourth-order valence-corrected chi connectivity index (χ4v) is 4.93. The monoisotopic (exact) mass is 395 g/mol. The lowest BCUT2D eigenvalue weighted by Crippen LogP contribution is -2.28. The van der Waals surface area contributed by atoms with E-state index in [-0.39, 0.29) is 12.1 Å². The van der Waals surface area contributed by atoms with E-state index in [2.05, 4.69) is 22.9 Å². The Morgan fingerprint density at radius 3 is 2.74 bits per heavy atom. The normalized spacial score (nSPS) is 24.1. The summed E-state index contributed by atoms with van der Waals surface area (Å²) >= 11 is 7.84. The predicted octanol–water partition coefficient (Wildman–Crippen LogP) is 5.58. The van der Waals surface area contributed by atoms with Crippen LogP contribution in [0.3, 0.4) is 0 Å². The highest BCUT2D eigenvalue weighted by molar-refractivity contribution is 8.14. The molecule has 2 aliphatic rings. The highest BCUT2D eigenvalue weighted by atomic mass is 35.5. The third kappa shape index (κ3) is 3.05. The minimum absolute atomic E-state index is 0.0356. The third-order valence-corrected chi connectivity index (χ3v) is 6.28. The van der Waals surface area contributed by atoms with Crippen molar-refractivity contribution in [2.45, 2.75) is 24.3 Å². The maximum atomic E-state index is 6.29. The molecular formula is C21H18ClN3OS. The first-order chi connectivity index (χ1) is 13.2. The van der Waals surface area contributed by atoms with Crippen molar-refractivity contribution in [3.63, 3.8) is 0 Å². The van der Waals surface area contributed by atoms with Gasteiger partial charge in [0.15, 0.2) is 5.17 Å². The third-order valence-electron chi connectivity index (χ3n) is 4.93. The number of fused-ring (bicyclic) bond motifs is 1. The molecule has 136 valence electrons. The van der Waals surface area contributed by atoms with Gasteiger partial charge in [-0.25, -0.2) is 4.99 Å². The average Bonchev–Trinajstić information content (AvgIpc) is 3.37. The highest BCUT2D eigenvalue weighted by Crippen LogP contribution is 2.48. The maximum Gasteiger partial charge on any atom is 0.161 e. The molecule has 0 spiro atoms. The Labute approximate surface area is 167 Å². The molecule has 3 atom stereocenters. The number of nitrogens with zero attached hydrogens (tertiary/aromatic N) is 3. The lowest BCUT2D eigenvalue weighted by atomic mass is 10.0. The maximum absolute atomic E-state index is 6.29. The van der Waals surface area contributed by atoms with Crippen LogP contribution in [0.25, 0.3) is 11.3 Å². The summed E-state index contributed by atoms with van der Waals surface area (Å²) in [5, 5.41) is 2.34. The van der Waals surface area contributed by atoms with Gasteiger partial charge in [0.2, 0.25) is 0 Å². The number of thioether (sulfide) groups is 1. The summed E-state index contributed by atoms with van der Waals surface area (Å²) in [7, 11) is 0. The largest absolute Gasteiger partial charge is 0.459 e. The number of aliphatic imine (C=N–C) groups is 1. The Morgan fingerprint density at radius 2 is 1.96 bits per heavy atom. The SMILES string of the molecule is C[C@@H]1CN2C(=N[C@@H](c3ccccn3)[C@H]2c2ccc(-c3ccc(Cl)cc3)o2)S1. The van der Waals surface area contributed by atoms with Crippen LogP contribution in [-0.2, 0) is 0 Å². The second-order valence-electron chi connectivity index (χ2n) is 6.85. The molecule has 1 aromatic carbocycles. The van der Waals surface area contributed by atoms with Crippen molar-refractivity contribution in [3.05, 3.63) is 77.3 Å². The fraction of sp³-hybridized carbons (Fsp3) is 0.238. The van der Waals surface area contributed by atoms with Gasteiger partial charge in [0.05, 0.1) is 5.69 Å². The van der Waals surface area contributed by atoms with E-state index in [4.69, 9.17) is 21.0 Å². The summed E-state index contributed by atoms with van der Waals surface area (Å²) in [5.74, 6) is 1.76. The minimum atomic E-state index is -0.0505. The van der Waals surface area contributed by atoms with Gasteiger partial charge >= 0.3 is 0 Å². The van der Waals surface area contributed by atoms with Gasteiger partial charge in [0, 0.05) is 28.6 Å². The molecule has 1 saturated heterocycles. The number of amidine groups is 1. The summed E-state index contributed by atoms with van der Waals surface area (Å²) in [6.45, 7) is 3.20. The quantitative estimate of drug-likeness (QED) is 0.580. The van der Waals surface area contributed by atoms with E-state index in [1.54, 1.807) is 0 Å². The lowest BCUT2D eigenvalue weighted by molar-refractivity contribution is 0.277. The zero-order valence-electron chi connectivity index (χ0n) is 14.7. The Balaban J connectivity index is 1.53. The molecule has 2 aliphatic heterocycles. The molecule has 0 radical (unpaired) electrons. The lowest BCUT2D eigenvalue weighted by Gasteiger charge is -2.25. The molecule has 2 aromatic heterocycles. The van der Waals surface area contributed by atoms with Crippen molar-refractivity contribution >= 4 is 28.5 Å². The van der Waals surface area contributed by atoms with Crippen LogP contribution >= 0.6 is 23.4 Å². The smallest absolute Gasteiger partial charge is 0.161 e. The van der Waals surface area contributed by atoms with Crippen molar-refractivity contribution in [1.29, 1.82) is 0 Å². The molecule has 0 saturated carbocycles. The summed E-state index contributed by atoms with van der Waals surface area (Å²) in [6.07, 6.45) is 1.83. The van der Waals surface area contributed by atoms with Crippen LogP contribution in [0.15, 0.2) is 70.2 Å². The zero-order chi connectivity index (χ0) is 18.4. The predicted molar refractivity (Wildman–Crippen MR) is 110 cm³/mol. The summed E-state index contributed by atoms with van der Waals surface area (Å²) in [4.78, 5) is 11.9. The van der Waals surface area contributed by atoms with E-state index in [1.165, 1.54) is 0 Å². The number of halogens is 1. The summed E-state index contributed by atoms with van der Waals surface area (Å²) in [6, 6.07) is 17.8. The van der Waals surface area contributed by atoms with E-state index in [9.17, 15) is 0 Å². The van der Waals surface area contributed by atoms with Gasteiger partial charge in [-0.05, 0) is 48.5 Å². The Morgan fingerprint density at radius 1 is 1.11 bits per heavy atom. The van der Waals surface area contributed by atoms with Gasteiger partial charge in [-0.3, -0.25) is 4.98 Å². The molecule has 0 bridgehead atoms. The van der Waals surface area contributed by atoms with E-state index in [0.717, 1.165) is 39.5 Å². The molecule has 3 aromatic rings. The summed E-state index contributed by atoms with van der Waals surface area (Å²) in [5.41, 5.74) is 1.99. The van der Waals surface area contributed by atoms with Gasteiger partial charge in [0.25, 0.3) is 0 Å². The van der Waals surface area contributed by atoms with Crippen molar-refractivity contribution < 1.29 is 4.42 Å². The Kier molecular flexibility index (Phi) is 4.21. The minimum Gasteiger partial charge on any atom is -0.459 e. The van der Waals surface area contributed by atoms with Crippen LogP contribution in [0.1, 0.15) is 30.5 Å². The van der Waals surface area contributed by atoms with Crippen molar-refractivity contribution in [2.24, 2.45) is 4.99 Å².